The quantitative estimate of drug-likeness (QED) is 0.802. The van der Waals surface area contributed by atoms with Crippen LogP contribution < -0.4 is 4.72 Å². The maximum absolute atomic E-state index is 13.7. The van der Waals surface area contributed by atoms with Crippen LogP contribution in [0.3, 0.4) is 0 Å². The summed E-state index contributed by atoms with van der Waals surface area (Å²) in [6.07, 6.45) is 0. The van der Waals surface area contributed by atoms with Gasteiger partial charge in [-0.3, -0.25) is 0 Å². The van der Waals surface area contributed by atoms with Crippen LogP contribution in [0.1, 0.15) is 31.9 Å². The fourth-order valence-corrected chi connectivity index (χ4v) is 3.20. The summed E-state index contributed by atoms with van der Waals surface area (Å²) < 4.78 is 46.0. The molecule has 0 fully saturated rings. The highest BCUT2D eigenvalue weighted by Crippen LogP contribution is 2.20. The van der Waals surface area contributed by atoms with Crippen molar-refractivity contribution in [1.82, 2.24) is 4.72 Å². The first-order valence-corrected chi connectivity index (χ1v) is 8.15. The van der Waals surface area contributed by atoms with Crippen LogP contribution in [0.15, 0.2) is 17.0 Å². The number of benzene rings is 1. The molecule has 1 aromatic carbocycles. The van der Waals surface area contributed by atoms with Gasteiger partial charge < -0.3 is 9.84 Å². The van der Waals surface area contributed by atoms with Gasteiger partial charge in [0.25, 0.3) is 0 Å². The van der Waals surface area contributed by atoms with E-state index in [1.807, 2.05) is 6.92 Å². The van der Waals surface area contributed by atoms with Crippen molar-refractivity contribution in [1.29, 1.82) is 0 Å². The Hall–Kier alpha value is -1.02. The number of nitrogens with one attached hydrogen (secondary N) is 1. The van der Waals surface area contributed by atoms with Gasteiger partial charge in [0.2, 0.25) is 10.0 Å². The Balaban J connectivity index is 3.01. The fraction of sp³-hybridized carbons (Fsp3) is 0.571. The van der Waals surface area contributed by atoms with Crippen LogP contribution in [-0.2, 0) is 21.4 Å². The number of aliphatic hydroxyl groups is 1. The molecule has 1 rings (SSSR count). The van der Waals surface area contributed by atoms with Crippen molar-refractivity contribution in [2.24, 2.45) is 0 Å². The van der Waals surface area contributed by atoms with Crippen LogP contribution in [0.4, 0.5) is 4.39 Å². The molecule has 0 atom stereocenters. The number of halogens is 1. The smallest absolute Gasteiger partial charge is 0.240 e. The molecule has 5 nitrogen and oxygen atoms in total. The molecule has 21 heavy (non-hydrogen) atoms. The second kappa shape index (κ2) is 6.83. The lowest BCUT2D eigenvalue weighted by Gasteiger charge is -2.24. The molecule has 0 spiro atoms. The van der Waals surface area contributed by atoms with Crippen molar-refractivity contribution in [3.05, 3.63) is 29.1 Å². The summed E-state index contributed by atoms with van der Waals surface area (Å²) in [6.45, 7) is 6.83. The molecule has 120 valence electrons. The summed E-state index contributed by atoms with van der Waals surface area (Å²) in [6, 6.07) is 2.38. The number of hydrogen-bond donors (Lipinski definition) is 2. The third-order valence-corrected chi connectivity index (χ3v) is 4.39. The van der Waals surface area contributed by atoms with Crippen molar-refractivity contribution in [3.8, 4) is 0 Å². The molecule has 0 amide bonds. The zero-order chi connectivity index (χ0) is 16.3. The van der Waals surface area contributed by atoms with Crippen molar-refractivity contribution in [2.45, 2.75) is 44.8 Å². The van der Waals surface area contributed by atoms with Crippen molar-refractivity contribution < 1.29 is 22.7 Å². The van der Waals surface area contributed by atoms with Gasteiger partial charge in [-0.05, 0) is 45.4 Å². The highest BCUT2D eigenvalue weighted by molar-refractivity contribution is 7.89. The first-order chi connectivity index (χ1) is 9.63. The third kappa shape index (κ3) is 4.74. The summed E-state index contributed by atoms with van der Waals surface area (Å²) in [7, 11) is -3.79. The van der Waals surface area contributed by atoms with Crippen LogP contribution >= 0.6 is 0 Å². The van der Waals surface area contributed by atoms with Crippen LogP contribution in [0.25, 0.3) is 0 Å². The van der Waals surface area contributed by atoms with Gasteiger partial charge in [0, 0.05) is 18.7 Å². The van der Waals surface area contributed by atoms with E-state index in [0.29, 0.717) is 6.61 Å². The fourth-order valence-electron chi connectivity index (χ4n) is 1.87. The average molecular weight is 319 g/mol. The van der Waals surface area contributed by atoms with E-state index in [9.17, 15) is 12.8 Å². The van der Waals surface area contributed by atoms with E-state index in [2.05, 4.69) is 4.72 Å². The zero-order valence-electron chi connectivity index (χ0n) is 12.7. The molecule has 0 bridgehead atoms. The molecule has 0 aliphatic heterocycles. The number of aliphatic hydroxyl groups excluding tert-OH is 1. The van der Waals surface area contributed by atoms with E-state index in [1.54, 1.807) is 13.8 Å². The minimum atomic E-state index is -3.79. The molecule has 0 aromatic heterocycles. The van der Waals surface area contributed by atoms with Gasteiger partial charge >= 0.3 is 0 Å². The van der Waals surface area contributed by atoms with Gasteiger partial charge in [0.1, 0.15) is 5.82 Å². The Labute approximate surface area is 125 Å². The van der Waals surface area contributed by atoms with Gasteiger partial charge in [0.15, 0.2) is 0 Å². The molecule has 2 N–H and O–H groups in total. The topological polar surface area (TPSA) is 75.6 Å². The number of rotatable bonds is 7. The number of hydrogen-bond acceptors (Lipinski definition) is 4. The molecule has 0 unspecified atom stereocenters. The molecule has 0 radical (unpaired) electrons. The van der Waals surface area contributed by atoms with Crippen molar-refractivity contribution in [3.63, 3.8) is 0 Å². The van der Waals surface area contributed by atoms with Crippen molar-refractivity contribution >= 4 is 10.0 Å². The second-order valence-electron chi connectivity index (χ2n) is 5.39. The van der Waals surface area contributed by atoms with Crippen LogP contribution in [-0.4, -0.2) is 32.3 Å². The normalized spacial score (nSPS) is 12.7. The predicted molar refractivity (Wildman–Crippen MR) is 78.0 cm³/mol. The Kier molecular flexibility index (Phi) is 5.86. The first kappa shape index (κ1) is 18.0. The van der Waals surface area contributed by atoms with Gasteiger partial charge in [-0.2, -0.15) is 0 Å². The van der Waals surface area contributed by atoms with E-state index < -0.39 is 28.0 Å². The van der Waals surface area contributed by atoms with E-state index in [1.165, 1.54) is 13.0 Å². The second-order valence-corrected chi connectivity index (χ2v) is 7.16. The Morgan fingerprint density at radius 3 is 2.52 bits per heavy atom. The van der Waals surface area contributed by atoms with Crippen LogP contribution in [0.2, 0.25) is 0 Å². The van der Waals surface area contributed by atoms with Crippen molar-refractivity contribution in [2.75, 3.05) is 13.2 Å². The maximum atomic E-state index is 13.7. The maximum Gasteiger partial charge on any atom is 0.240 e. The number of aryl methyl sites for hydroxylation is 1. The van der Waals surface area contributed by atoms with Crippen LogP contribution in [0.5, 0.6) is 0 Å². The minimum absolute atomic E-state index is 0.0422. The highest BCUT2D eigenvalue weighted by atomic mass is 32.2. The molecular weight excluding hydrogens is 297 g/mol. The molecular formula is C14H22FNO4S. The van der Waals surface area contributed by atoms with Gasteiger partial charge in [-0.25, -0.2) is 17.5 Å². The van der Waals surface area contributed by atoms with E-state index in [0.717, 1.165) is 6.07 Å². The lowest BCUT2D eigenvalue weighted by atomic mass is 10.1. The molecule has 0 saturated carbocycles. The summed E-state index contributed by atoms with van der Waals surface area (Å²) >= 11 is 0. The number of sulfonamides is 1. The highest BCUT2D eigenvalue weighted by Gasteiger charge is 2.23. The third-order valence-electron chi connectivity index (χ3n) is 3.01. The average Bonchev–Trinajstić information content (AvgIpc) is 2.39. The van der Waals surface area contributed by atoms with Gasteiger partial charge in [-0.1, -0.05) is 0 Å². The molecule has 0 aliphatic rings. The predicted octanol–water partition coefficient (Wildman–Crippen LogP) is 1.72. The van der Waals surface area contributed by atoms with Gasteiger partial charge in [-0.15, -0.1) is 0 Å². The lowest BCUT2D eigenvalue weighted by Crippen LogP contribution is -2.40. The zero-order valence-corrected chi connectivity index (χ0v) is 13.6. The standard InChI is InChI=1S/C14H22FNO4S/c1-5-20-14(3,4)9-16-21(18,19)12-6-10(2)13(15)11(7-12)8-17/h6-7,16-17H,5,8-9H2,1-4H3. The minimum Gasteiger partial charge on any atom is -0.392 e. The Bertz CT molecular complexity index is 599. The Morgan fingerprint density at radius 2 is 2.00 bits per heavy atom. The van der Waals surface area contributed by atoms with E-state index >= 15 is 0 Å². The Morgan fingerprint density at radius 1 is 1.38 bits per heavy atom. The summed E-state index contributed by atoms with van der Waals surface area (Å²) in [5, 5.41) is 9.09. The molecule has 1 aromatic rings. The molecule has 0 heterocycles. The lowest BCUT2D eigenvalue weighted by molar-refractivity contribution is -0.00515. The van der Waals surface area contributed by atoms with Crippen LogP contribution in [0, 0.1) is 12.7 Å². The summed E-state index contributed by atoms with van der Waals surface area (Å²) in [5.41, 5.74) is -0.512. The first-order valence-electron chi connectivity index (χ1n) is 6.66. The van der Waals surface area contributed by atoms with E-state index in [4.69, 9.17) is 9.84 Å². The molecule has 0 aliphatic carbocycles. The number of ether oxygens (including phenoxy) is 1. The molecule has 0 saturated heterocycles. The van der Waals surface area contributed by atoms with E-state index in [-0.39, 0.29) is 22.6 Å². The van der Waals surface area contributed by atoms with Gasteiger partial charge in [0.05, 0.1) is 17.1 Å². The molecule has 7 heteroatoms. The monoisotopic (exact) mass is 319 g/mol. The largest absolute Gasteiger partial charge is 0.392 e. The summed E-state index contributed by atoms with van der Waals surface area (Å²) in [5.74, 6) is -0.592. The summed E-state index contributed by atoms with van der Waals surface area (Å²) in [4.78, 5) is -0.0715. The SMILES string of the molecule is CCOC(C)(C)CNS(=O)(=O)c1cc(C)c(F)c(CO)c1.